The minimum atomic E-state index is -5.08. The van der Waals surface area contributed by atoms with E-state index in [-0.39, 0.29) is 5.56 Å². The molecule has 39 heavy (non-hydrogen) atoms. The van der Waals surface area contributed by atoms with Crippen LogP contribution in [0.2, 0.25) is 0 Å². The van der Waals surface area contributed by atoms with E-state index in [1.807, 2.05) is 23.0 Å². The number of hydrogen-bond acceptors (Lipinski definition) is 6. The van der Waals surface area contributed by atoms with Gasteiger partial charge in [0.1, 0.15) is 0 Å². The van der Waals surface area contributed by atoms with Gasteiger partial charge >= 0.3 is 24.3 Å². The van der Waals surface area contributed by atoms with E-state index >= 15 is 0 Å². The van der Waals surface area contributed by atoms with Crippen molar-refractivity contribution in [2.45, 2.75) is 51.1 Å². The predicted octanol–water partition coefficient (Wildman–Crippen LogP) is 3.40. The first kappa shape index (κ1) is 31.9. The molecule has 0 aromatic carbocycles. The van der Waals surface area contributed by atoms with Gasteiger partial charge in [-0.05, 0) is 44.0 Å². The molecule has 9 nitrogen and oxygen atoms in total. The molecule has 0 radical (unpaired) electrons. The van der Waals surface area contributed by atoms with Crippen LogP contribution in [0.1, 0.15) is 29.7 Å². The highest BCUT2D eigenvalue weighted by molar-refractivity contribution is 5.73. The summed E-state index contributed by atoms with van der Waals surface area (Å²) in [5.41, 5.74) is 3.97. The summed E-state index contributed by atoms with van der Waals surface area (Å²) in [6.45, 7) is 7.12. The molecule has 4 rings (SSSR count). The smallest absolute Gasteiger partial charge is 0.475 e. The fraction of sp³-hybridized carbons (Fsp3) is 0.542. The molecule has 2 aromatic rings. The maximum Gasteiger partial charge on any atom is 0.490 e. The van der Waals surface area contributed by atoms with E-state index in [0.29, 0.717) is 0 Å². The van der Waals surface area contributed by atoms with E-state index < -0.39 is 24.3 Å². The number of alkyl halides is 6. The first-order chi connectivity index (χ1) is 18.2. The summed E-state index contributed by atoms with van der Waals surface area (Å²) in [6, 6.07) is 5.84. The summed E-state index contributed by atoms with van der Waals surface area (Å²) < 4.78 is 70.7. The van der Waals surface area contributed by atoms with Crippen LogP contribution >= 0.6 is 0 Å². The zero-order chi connectivity index (χ0) is 29.2. The van der Waals surface area contributed by atoms with Crippen molar-refractivity contribution in [3.05, 3.63) is 57.9 Å². The number of aromatic nitrogens is 1. The van der Waals surface area contributed by atoms with Crippen molar-refractivity contribution >= 4 is 11.9 Å². The van der Waals surface area contributed by atoms with Crippen LogP contribution in [0.15, 0.2) is 39.9 Å². The van der Waals surface area contributed by atoms with E-state index in [4.69, 9.17) is 24.2 Å². The van der Waals surface area contributed by atoms with Crippen LogP contribution in [0.4, 0.5) is 26.3 Å². The Hall–Kier alpha value is -3.33. The van der Waals surface area contributed by atoms with Crippen LogP contribution < -0.4 is 5.56 Å². The normalized spacial score (nSPS) is 16.3. The number of halogens is 6. The van der Waals surface area contributed by atoms with Crippen LogP contribution in [0.3, 0.4) is 0 Å². The van der Waals surface area contributed by atoms with E-state index in [1.165, 1.54) is 42.8 Å². The van der Waals surface area contributed by atoms with Crippen molar-refractivity contribution in [1.82, 2.24) is 14.4 Å². The monoisotopic (exact) mass is 569 g/mol. The van der Waals surface area contributed by atoms with Crippen molar-refractivity contribution in [3.63, 3.8) is 0 Å². The fourth-order valence-corrected chi connectivity index (χ4v) is 4.13. The third-order valence-electron chi connectivity index (χ3n) is 6.06. The summed E-state index contributed by atoms with van der Waals surface area (Å²) in [5, 5.41) is 14.2. The average Bonchev–Trinajstić information content (AvgIpc) is 3.51. The molecule has 2 aromatic heterocycles. The highest BCUT2D eigenvalue weighted by Crippen LogP contribution is 2.17. The molecule has 1 fully saturated rings. The lowest BCUT2D eigenvalue weighted by molar-refractivity contribution is -0.193. The molecule has 0 bridgehead atoms. The summed E-state index contributed by atoms with van der Waals surface area (Å²) in [5.74, 6) is -5.51. The molecule has 0 aliphatic carbocycles. The Morgan fingerprint density at radius 3 is 1.90 bits per heavy atom. The van der Waals surface area contributed by atoms with E-state index in [9.17, 15) is 31.1 Å². The van der Waals surface area contributed by atoms with Gasteiger partial charge in [0.25, 0.3) is 5.56 Å². The van der Waals surface area contributed by atoms with Gasteiger partial charge in [-0.15, -0.1) is 0 Å². The van der Waals surface area contributed by atoms with Gasteiger partial charge in [0, 0.05) is 56.5 Å². The molecule has 2 aliphatic rings. The van der Waals surface area contributed by atoms with Crippen molar-refractivity contribution in [2.75, 3.05) is 32.7 Å². The predicted molar refractivity (Wildman–Crippen MR) is 125 cm³/mol. The molecule has 0 spiro atoms. The SMILES string of the molecule is O=C(O)C(F)(F)F.O=C(O)C(F)(F)F.O=c1ccc2c(n1CCN1CCCC1)CCN(Cc1ccoc1)CC2. The number of carbonyl (C=O) groups is 2. The van der Waals surface area contributed by atoms with Crippen molar-refractivity contribution in [3.8, 4) is 0 Å². The minimum absolute atomic E-state index is 0.154. The lowest BCUT2D eigenvalue weighted by Crippen LogP contribution is -2.31. The second-order valence-corrected chi connectivity index (χ2v) is 8.86. The zero-order valence-corrected chi connectivity index (χ0v) is 20.8. The minimum Gasteiger partial charge on any atom is -0.475 e. The molecule has 2 N–H and O–H groups in total. The van der Waals surface area contributed by atoms with Gasteiger partial charge in [-0.3, -0.25) is 9.69 Å². The third kappa shape index (κ3) is 10.8. The fourth-order valence-electron chi connectivity index (χ4n) is 4.13. The van der Waals surface area contributed by atoms with Crippen molar-refractivity contribution in [2.24, 2.45) is 0 Å². The van der Waals surface area contributed by atoms with E-state index in [1.54, 1.807) is 12.3 Å². The Balaban J connectivity index is 0.000000317. The molecular weight excluding hydrogens is 540 g/mol. The van der Waals surface area contributed by atoms with Crippen molar-refractivity contribution in [1.29, 1.82) is 0 Å². The highest BCUT2D eigenvalue weighted by atomic mass is 19.4. The molecule has 15 heteroatoms. The molecule has 218 valence electrons. The first-order valence-electron chi connectivity index (χ1n) is 12.0. The Bertz CT molecular complexity index is 1100. The van der Waals surface area contributed by atoms with E-state index in [0.717, 1.165) is 45.6 Å². The number of aliphatic carboxylic acids is 2. The van der Waals surface area contributed by atoms with Gasteiger partial charge in [-0.1, -0.05) is 6.07 Å². The molecule has 0 unspecified atom stereocenters. The first-order valence-corrected chi connectivity index (χ1v) is 12.0. The van der Waals surface area contributed by atoms with Gasteiger partial charge in [0.15, 0.2) is 0 Å². The molecule has 0 amide bonds. The second-order valence-electron chi connectivity index (χ2n) is 8.86. The number of furan rings is 1. The number of likely N-dealkylation sites (tertiary alicyclic amines) is 1. The van der Waals surface area contributed by atoms with Crippen LogP contribution in [-0.2, 0) is 35.5 Å². The summed E-state index contributed by atoms with van der Waals surface area (Å²) >= 11 is 0. The van der Waals surface area contributed by atoms with Crippen LogP contribution in [0.25, 0.3) is 0 Å². The second kappa shape index (κ2) is 14.2. The van der Waals surface area contributed by atoms with Gasteiger partial charge in [0.05, 0.1) is 12.5 Å². The summed E-state index contributed by atoms with van der Waals surface area (Å²) in [4.78, 5) is 35.2. The number of carboxylic acid groups (broad SMARTS) is 2. The standard InChI is InChI=1S/C20H27N3O2.2C2HF3O2/c24-20-4-3-18-5-10-22(15-17-7-14-25-16-17)11-6-19(18)23(20)13-12-21-8-1-2-9-21;2*3-2(4,5)1(6)7/h3-4,7,14,16H,1-2,5-6,8-13,15H2;2*(H,6,7). The van der Waals surface area contributed by atoms with E-state index in [2.05, 4.69) is 9.80 Å². The number of hydrogen-bond donors (Lipinski definition) is 2. The number of pyridine rings is 1. The van der Waals surface area contributed by atoms with Gasteiger partial charge in [0.2, 0.25) is 0 Å². The molecule has 1 saturated heterocycles. The number of carboxylic acids is 2. The topological polar surface area (TPSA) is 116 Å². The van der Waals surface area contributed by atoms with Crippen LogP contribution in [0.5, 0.6) is 0 Å². The Labute approximate surface area is 219 Å². The molecule has 0 saturated carbocycles. The Morgan fingerprint density at radius 2 is 1.38 bits per heavy atom. The Kier molecular flexibility index (Phi) is 11.6. The number of rotatable bonds is 5. The maximum absolute atomic E-state index is 12.5. The van der Waals surface area contributed by atoms with Crippen LogP contribution in [-0.4, -0.2) is 81.6 Å². The largest absolute Gasteiger partial charge is 0.490 e. The maximum atomic E-state index is 12.5. The lowest BCUT2D eigenvalue weighted by Gasteiger charge is -2.20. The van der Waals surface area contributed by atoms with Crippen LogP contribution in [0, 0.1) is 0 Å². The van der Waals surface area contributed by atoms with Crippen molar-refractivity contribution < 1.29 is 50.6 Å². The zero-order valence-electron chi connectivity index (χ0n) is 20.8. The van der Waals surface area contributed by atoms with Gasteiger partial charge in [-0.25, -0.2) is 9.59 Å². The van der Waals surface area contributed by atoms with Gasteiger partial charge < -0.3 is 24.1 Å². The molecule has 2 aliphatic heterocycles. The Morgan fingerprint density at radius 1 is 0.821 bits per heavy atom. The molecular formula is C24H29F6N3O6. The third-order valence-corrected chi connectivity index (χ3v) is 6.06. The number of fused-ring (bicyclic) bond motifs is 1. The van der Waals surface area contributed by atoms with Gasteiger partial charge in [-0.2, -0.15) is 26.3 Å². The average molecular weight is 569 g/mol. The summed E-state index contributed by atoms with van der Waals surface area (Å²) in [7, 11) is 0. The highest BCUT2D eigenvalue weighted by Gasteiger charge is 2.38. The summed E-state index contributed by atoms with van der Waals surface area (Å²) in [6.07, 6.45) is -2.06. The molecule has 0 atom stereocenters. The molecule has 4 heterocycles. The quantitative estimate of drug-likeness (QED) is 0.527. The number of nitrogens with zero attached hydrogens (tertiary/aromatic N) is 3. The lowest BCUT2D eigenvalue weighted by atomic mass is 10.1.